The van der Waals surface area contributed by atoms with E-state index in [2.05, 4.69) is 52.8 Å². The first-order valence-electron chi connectivity index (χ1n) is 18.4. The number of aromatic nitrogens is 7. The Morgan fingerprint density at radius 1 is 0.964 bits per heavy atom. The predicted octanol–water partition coefficient (Wildman–Crippen LogP) is 3.11. The van der Waals surface area contributed by atoms with Crippen molar-refractivity contribution in [2.75, 3.05) is 68.0 Å². The summed E-state index contributed by atoms with van der Waals surface area (Å²) < 4.78 is 4.91. The number of hydrogen-bond acceptors (Lipinski definition) is 13. The van der Waals surface area contributed by atoms with Gasteiger partial charge in [0.2, 0.25) is 16.9 Å². The van der Waals surface area contributed by atoms with Crippen LogP contribution >= 0.6 is 11.3 Å². The molecule has 2 amide bonds. The van der Waals surface area contributed by atoms with Gasteiger partial charge in [-0.2, -0.15) is 10.4 Å². The molecule has 55 heavy (non-hydrogen) atoms. The summed E-state index contributed by atoms with van der Waals surface area (Å²) in [5, 5.41) is 30.2. The van der Waals surface area contributed by atoms with Gasteiger partial charge in [-0.05, 0) is 61.2 Å². The fourth-order valence-corrected chi connectivity index (χ4v) is 9.08. The Morgan fingerprint density at radius 2 is 1.82 bits per heavy atom. The lowest BCUT2D eigenvalue weighted by atomic mass is 10.1. The van der Waals surface area contributed by atoms with Gasteiger partial charge in [0.15, 0.2) is 5.01 Å². The van der Waals surface area contributed by atoms with Crippen molar-refractivity contribution in [3.05, 3.63) is 70.9 Å². The summed E-state index contributed by atoms with van der Waals surface area (Å²) in [4.78, 5) is 49.6. The number of nitrogens with one attached hydrogen (secondary N) is 2. The largest absolute Gasteiger partial charge is 0.387 e. The van der Waals surface area contributed by atoms with Gasteiger partial charge in [-0.1, -0.05) is 11.3 Å². The van der Waals surface area contributed by atoms with Crippen LogP contribution < -0.4 is 26.1 Å². The minimum atomic E-state index is -0.691. The summed E-state index contributed by atoms with van der Waals surface area (Å²) in [6.07, 6.45) is 5.01. The van der Waals surface area contributed by atoms with Crippen LogP contribution in [0.1, 0.15) is 30.9 Å². The van der Waals surface area contributed by atoms with Crippen LogP contribution in [0.5, 0.6) is 0 Å². The summed E-state index contributed by atoms with van der Waals surface area (Å²) in [5.41, 5.74) is 7.00. The van der Waals surface area contributed by atoms with E-state index in [1.54, 1.807) is 39.7 Å². The lowest BCUT2D eigenvalue weighted by Gasteiger charge is -2.35. The zero-order valence-electron chi connectivity index (χ0n) is 30.5. The Balaban J connectivity index is 0.818. The van der Waals surface area contributed by atoms with E-state index in [-0.39, 0.29) is 18.0 Å². The lowest BCUT2D eigenvalue weighted by Crippen LogP contribution is -2.48. The molecule has 16 nitrogen and oxygen atoms in total. The van der Waals surface area contributed by atoms with Crippen LogP contribution in [0.25, 0.3) is 38.5 Å². The number of aryl methyl sites for hydroxylation is 1. The van der Waals surface area contributed by atoms with Gasteiger partial charge >= 0.3 is 5.69 Å². The van der Waals surface area contributed by atoms with E-state index in [9.17, 15) is 19.6 Å². The van der Waals surface area contributed by atoms with Gasteiger partial charge in [-0.25, -0.2) is 9.31 Å². The number of benzene rings is 1. The molecule has 0 saturated carbocycles. The Bertz CT molecular complexity index is 2570. The first-order chi connectivity index (χ1) is 26.8. The molecule has 0 aliphatic carbocycles. The molecule has 1 unspecified atom stereocenters. The molecule has 6 aromatic rings. The summed E-state index contributed by atoms with van der Waals surface area (Å²) >= 11 is 1.57. The number of nitrogens with zero attached hydrogens (tertiary/aromatic N) is 11. The summed E-state index contributed by atoms with van der Waals surface area (Å²) in [7, 11) is 3.62. The second-order valence-corrected chi connectivity index (χ2v) is 15.4. The molecule has 3 aliphatic rings. The molecule has 3 fully saturated rings. The minimum absolute atomic E-state index is 0.218. The molecule has 3 saturated heterocycles. The molecule has 9 rings (SSSR count). The van der Waals surface area contributed by atoms with Crippen LogP contribution in [-0.4, -0.2) is 104 Å². The van der Waals surface area contributed by atoms with Gasteiger partial charge in [0.05, 0.1) is 45.3 Å². The molecule has 0 radical (unpaired) electrons. The lowest BCUT2D eigenvalue weighted by molar-refractivity contribution is -0.135. The number of piperazine rings is 1. The molecule has 17 heteroatoms. The standard InChI is InChI=1S/C38H39N13O3S/c1-40-28-17-29(30-5-4-26-15-24(18-39)19-42-51(26)30)41-20-27(28)36-44-45-37(55-36)48-13-11-47(12-14-48)21-23-9-10-49(22-23)25-3-6-31-33(16-25)46(2)38(54)50(31)32-7-8-34(52)43-35(32)53/h3-6,15-17,19-20,23,32H,7-14,21-22H2,1-2H3,(H,40,41)(H,43,52,53)/t23-,32?/m0/s1. The van der Waals surface area contributed by atoms with Gasteiger partial charge in [-0.3, -0.25) is 33.9 Å². The van der Waals surface area contributed by atoms with Gasteiger partial charge in [0, 0.05) is 83.9 Å². The zero-order valence-corrected chi connectivity index (χ0v) is 31.3. The molecular formula is C38H39N13O3S. The molecular weight excluding hydrogens is 719 g/mol. The molecule has 0 spiro atoms. The van der Waals surface area contributed by atoms with Crippen molar-refractivity contribution in [3.63, 3.8) is 0 Å². The Kier molecular flexibility index (Phi) is 8.78. The van der Waals surface area contributed by atoms with Crippen molar-refractivity contribution in [2.24, 2.45) is 13.0 Å². The summed E-state index contributed by atoms with van der Waals surface area (Å²) in [6, 6.07) is 15.1. The van der Waals surface area contributed by atoms with Crippen LogP contribution in [-0.2, 0) is 16.6 Å². The molecule has 2 atom stereocenters. The number of carbonyl (C=O) groups excluding carboxylic acids is 2. The molecule has 1 aromatic carbocycles. The maximum atomic E-state index is 13.2. The number of carbonyl (C=O) groups is 2. The second kappa shape index (κ2) is 13.9. The van der Waals surface area contributed by atoms with Gasteiger partial charge in [0.1, 0.15) is 12.1 Å². The van der Waals surface area contributed by atoms with E-state index in [0.717, 1.165) is 102 Å². The van der Waals surface area contributed by atoms with Crippen LogP contribution in [0, 0.1) is 17.2 Å². The van der Waals surface area contributed by atoms with E-state index >= 15 is 0 Å². The minimum Gasteiger partial charge on any atom is -0.387 e. The molecule has 5 aromatic heterocycles. The molecule has 0 bridgehead atoms. The first-order valence-corrected chi connectivity index (χ1v) is 19.3. The van der Waals surface area contributed by atoms with Crippen LogP contribution in [0.15, 0.2) is 59.7 Å². The maximum Gasteiger partial charge on any atom is 0.329 e. The Labute approximate surface area is 319 Å². The molecule has 8 heterocycles. The third kappa shape index (κ3) is 6.26. The highest BCUT2D eigenvalue weighted by atomic mass is 32.1. The number of hydrogen-bond donors (Lipinski definition) is 2. The van der Waals surface area contributed by atoms with E-state index in [1.807, 2.05) is 43.6 Å². The fraction of sp³-hybridized carbons (Fsp3) is 0.368. The number of amides is 2. The number of nitriles is 1. The monoisotopic (exact) mass is 757 g/mol. The number of pyridine rings is 1. The zero-order chi connectivity index (χ0) is 37.8. The van der Waals surface area contributed by atoms with Gasteiger partial charge in [0.25, 0.3) is 0 Å². The Morgan fingerprint density at radius 3 is 2.62 bits per heavy atom. The number of rotatable bonds is 8. The van der Waals surface area contributed by atoms with E-state index in [1.165, 1.54) is 4.57 Å². The van der Waals surface area contributed by atoms with Crippen molar-refractivity contribution in [1.82, 2.24) is 44.1 Å². The van der Waals surface area contributed by atoms with E-state index in [4.69, 9.17) is 4.98 Å². The molecule has 2 N–H and O–H groups in total. The molecule has 3 aliphatic heterocycles. The Hall–Kier alpha value is -6.12. The average Bonchev–Trinajstić information content (AvgIpc) is 4.02. The van der Waals surface area contributed by atoms with Crippen molar-refractivity contribution in [2.45, 2.75) is 25.3 Å². The van der Waals surface area contributed by atoms with E-state index < -0.39 is 11.9 Å². The van der Waals surface area contributed by atoms with Crippen molar-refractivity contribution >= 4 is 56.2 Å². The van der Waals surface area contributed by atoms with Crippen LogP contribution in [0.2, 0.25) is 0 Å². The number of fused-ring (bicyclic) bond motifs is 2. The van der Waals surface area contributed by atoms with Crippen molar-refractivity contribution < 1.29 is 9.59 Å². The van der Waals surface area contributed by atoms with Crippen molar-refractivity contribution in [1.29, 1.82) is 5.26 Å². The van der Waals surface area contributed by atoms with Gasteiger partial charge < -0.3 is 15.1 Å². The second-order valence-electron chi connectivity index (χ2n) is 14.4. The average molecular weight is 758 g/mol. The topological polar surface area (TPSA) is 175 Å². The summed E-state index contributed by atoms with van der Waals surface area (Å²) in [6.45, 7) is 6.54. The van der Waals surface area contributed by atoms with E-state index in [0.29, 0.717) is 23.4 Å². The fourth-order valence-electron chi connectivity index (χ4n) is 8.16. The highest BCUT2D eigenvalue weighted by Gasteiger charge is 2.32. The van der Waals surface area contributed by atoms with Crippen molar-refractivity contribution in [3.8, 4) is 28.0 Å². The van der Waals surface area contributed by atoms with Crippen LogP contribution in [0.3, 0.4) is 0 Å². The first kappa shape index (κ1) is 34.6. The quantitative estimate of drug-likeness (QED) is 0.218. The number of imidazole rings is 1. The highest BCUT2D eigenvalue weighted by molar-refractivity contribution is 7.18. The predicted molar refractivity (Wildman–Crippen MR) is 209 cm³/mol. The SMILES string of the molecule is CNc1cc(-c2ccc3cc(C#N)cnn23)ncc1-c1nnc(N2CCN(C[C@@H]3CCN(c4ccc5c(c4)n(C)c(=O)n5C4CCC(=O)NC4=O)C3)CC2)s1. The maximum absolute atomic E-state index is 13.2. The number of imide groups is 1. The number of anilines is 3. The van der Waals surface area contributed by atoms with Crippen LogP contribution in [0.4, 0.5) is 16.5 Å². The highest BCUT2D eigenvalue weighted by Crippen LogP contribution is 2.36. The summed E-state index contributed by atoms with van der Waals surface area (Å²) in [5.74, 6) is -0.195. The number of piperidine rings is 1. The third-order valence-corrected chi connectivity index (χ3v) is 12.1. The normalized spacial score (nSPS) is 19.4. The van der Waals surface area contributed by atoms with Gasteiger partial charge in [-0.15, -0.1) is 10.2 Å². The molecule has 280 valence electrons. The third-order valence-electron chi connectivity index (χ3n) is 11.1. The smallest absolute Gasteiger partial charge is 0.329 e.